The largest absolute Gasteiger partial charge is 0.508 e. The van der Waals surface area contributed by atoms with Gasteiger partial charge in [0.1, 0.15) is 6.04 Å². The van der Waals surface area contributed by atoms with Gasteiger partial charge in [0.25, 0.3) is 0 Å². The van der Waals surface area contributed by atoms with E-state index in [4.69, 9.17) is 24.7 Å². The fraction of sp³-hybridized carbons (Fsp3) is 0.600. The molecule has 0 radical (unpaired) electrons. The highest BCUT2D eigenvalue weighted by Crippen LogP contribution is 2.37. The summed E-state index contributed by atoms with van der Waals surface area (Å²) in [5.74, 6) is -3.85. The molecule has 3 atom stereocenters. The van der Waals surface area contributed by atoms with Crippen molar-refractivity contribution in [2.75, 3.05) is 13.2 Å². The summed E-state index contributed by atoms with van der Waals surface area (Å²) in [6.07, 6.45) is -0.883. The molecule has 0 spiro atoms. The van der Waals surface area contributed by atoms with Gasteiger partial charge in [-0.25, -0.2) is 4.79 Å². The van der Waals surface area contributed by atoms with Crippen LogP contribution in [0.1, 0.15) is 66.9 Å². The van der Waals surface area contributed by atoms with E-state index >= 15 is 0 Å². The predicted octanol–water partition coefficient (Wildman–Crippen LogP) is 3.89. The summed E-state index contributed by atoms with van der Waals surface area (Å²) in [5.41, 5.74) is 4.70. The monoisotopic (exact) mass is 495 g/mol. The Labute approximate surface area is 206 Å². The molecule has 0 saturated carbocycles. The van der Waals surface area contributed by atoms with Crippen molar-refractivity contribution in [2.24, 2.45) is 22.5 Å². The lowest BCUT2D eigenvalue weighted by atomic mass is 9.82. The minimum Gasteiger partial charge on any atom is -0.480 e. The van der Waals surface area contributed by atoms with Crippen molar-refractivity contribution >= 4 is 24.1 Å². The lowest BCUT2D eigenvalue weighted by Gasteiger charge is -2.28. The van der Waals surface area contributed by atoms with Gasteiger partial charge in [-0.05, 0) is 72.1 Å². The summed E-state index contributed by atoms with van der Waals surface area (Å²) in [4.78, 5) is 48.5. The van der Waals surface area contributed by atoms with Gasteiger partial charge in [-0.3, -0.25) is 14.4 Å². The second-order valence-electron chi connectivity index (χ2n) is 10.3. The number of carbonyl (C=O) groups excluding carboxylic acids is 3. The maximum atomic E-state index is 12.6. The number of carboxylic acid groups (broad SMARTS) is 1. The van der Waals surface area contributed by atoms with Crippen LogP contribution in [0.3, 0.4) is 0 Å². The zero-order valence-corrected chi connectivity index (χ0v) is 21.7. The number of nitrogens with two attached hydrogens (primary N) is 1. The van der Waals surface area contributed by atoms with Gasteiger partial charge in [-0.2, -0.15) is 0 Å². The number of esters is 2. The SMILES string of the molecule is CCOC(=O)OCC(C)C(c1ccc(OC(=O)C(C)(C)C)c(OC(=O)C(C)(C)C)c1)[C@H](N)C(=O)O. The van der Waals surface area contributed by atoms with E-state index < -0.39 is 52.8 Å². The molecular formula is C25H37NO9. The molecule has 10 nitrogen and oxygen atoms in total. The van der Waals surface area contributed by atoms with Gasteiger partial charge in [0.15, 0.2) is 11.5 Å². The van der Waals surface area contributed by atoms with Gasteiger partial charge in [0.2, 0.25) is 0 Å². The van der Waals surface area contributed by atoms with Crippen LogP contribution in [0.15, 0.2) is 18.2 Å². The van der Waals surface area contributed by atoms with E-state index in [-0.39, 0.29) is 24.7 Å². The number of carboxylic acids is 1. The molecule has 0 amide bonds. The Bertz CT molecular complexity index is 928. The molecular weight excluding hydrogens is 458 g/mol. The fourth-order valence-corrected chi connectivity index (χ4v) is 2.91. The molecule has 0 fully saturated rings. The van der Waals surface area contributed by atoms with Crippen molar-refractivity contribution in [3.63, 3.8) is 0 Å². The molecule has 0 aliphatic heterocycles. The highest BCUT2D eigenvalue weighted by Gasteiger charge is 2.34. The fourth-order valence-electron chi connectivity index (χ4n) is 2.91. The zero-order valence-electron chi connectivity index (χ0n) is 21.7. The molecule has 0 aliphatic carbocycles. The molecule has 1 aromatic carbocycles. The molecule has 0 aromatic heterocycles. The number of aliphatic carboxylic acids is 1. The van der Waals surface area contributed by atoms with Crippen molar-refractivity contribution in [3.05, 3.63) is 23.8 Å². The average molecular weight is 496 g/mol. The Kier molecular flexibility index (Phi) is 10.3. The van der Waals surface area contributed by atoms with E-state index in [9.17, 15) is 24.3 Å². The Morgan fingerprint density at radius 3 is 1.89 bits per heavy atom. The summed E-state index contributed by atoms with van der Waals surface area (Å²) in [7, 11) is 0. The first kappa shape index (κ1) is 29.9. The predicted molar refractivity (Wildman–Crippen MR) is 127 cm³/mol. The normalized spacial score (nSPS) is 14.3. The van der Waals surface area contributed by atoms with Gasteiger partial charge in [-0.1, -0.05) is 13.0 Å². The first-order chi connectivity index (χ1) is 16.0. The molecule has 3 N–H and O–H groups in total. The molecule has 0 saturated heterocycles. The van der Waals surface area contributed by atoms with Crippen LogP contribution in [0.25, 0.3) is 0 Å². The second kappa shape index (κ2) is 12.0. The third-order valence-electron chi connectivity index (χ3n) is 4.99. The maximum Gasteiger partial charge on any atom is 0.508 e. The van der Waals surface area contributed by atoms with Crippen molar-refractivity contribution in [1.82, 2.24) is 0 Å². The van der Waals surface area contributed by atoms with Gasteiger partial charge < -0.3 is 29.8 Å². The summed E-state index contributed by atoms with van der Waals surface area (Å²) in [6.45, 7) is 13.3. The van der Waals surface area contributed by atoms with Gasteiger partial charge >= 0.3 is 24.1 Å². The lowest BCUT2D eigenvalue weighted by Crippen LogP contribution is -2.40. The Morgan fingerprint density at radius 2 is 1.43 bits per heavy atom. The van der Waals surface area contributed by atoms with E-state index in [0.717, 1.165) is 0 Å². The highest BCUT2D eigenvalue weighted by atomic mass is 16.7. The number of benzene rings is 1. The van der Waals surface area contributed by atoms with Crippen LogP contribution in [0.2, 0.25) is 0 Å². The number of ether oxygens (including phenoxy) is 4. The lowest BCUT2D eigenvalue weighted by molar-refractivity contribution is -0.145. The molecule has 0 heterocycles. The smallest absolute Gasteiger partial charge is 0.480 e. The van der Waals surface area contributed by atoms with Crippen LogP contribution in [-0.2, 0) is 23.9 Å². The van der Waals surface area contributed by atoms with E-state index in [1.54, 1.807) is 55.4 Å². The standard InChI is InChI=1S/C25H37NO9/c1-9-32-23(31)33-13-14(2)18(19(26)20(27)28)15-10-11-16(34-21(29)24(3,4)5)17(12-15)35-22(30)25(6,7)8/h10-12,14,18-19H,9,13,26H2,1-8H3,(H,27,28)/t14?,18?,19-/m0/s1. The van der Waals surface area contributed by atoms with E-state index in [0.29, 0.717) is 5.56 Å². The number of hydrogen-bond donors (Lipinski definition) is 2. The topological polar surface area (TPSA) is 151 Å². The number of hydrogen-bond acceptors (Lipinski definition) is 9. The van der Waals surface area contributed by atoms with Crippen LogP contribution < -0.4 is 15.2 Å². The van der Waals surface area contributed by atoms with E-state index in [1.165, 1.54) is 18.2 Å². The second-order valence-corrected chi connectivity index (χ2v) is 10.3. The summed E-state index contributed by atoms with van der Waals surface area (Å²) >= 11 is 0. The van der Waals surface area contributed by atoms with Gasteiger partial charge in [0.05, 0.1) is 24.0 Å². The first-order valence-electron chi connectivity index (χ1n) is 11.4. The molecule has 2 unspecified atom stereocenters. The molecule has 0 aliphatic rings. The Hall–Kier alpha value is -3.14. The third-order valence-corrected chi connectivity index (χ3v) is 4.99. The molecule has 1 aromatic rings. The van der Waals surface area contributed by atoms with Crippen LogP contribution in [0.5, 0.6) is 11.5 Å². The number of rotatable bonds is 9. The van der Waals surface area contributed by atoms with E-state index in [2.05, 4.69) is 0 Å². The number of carbonyl (C=O) groups is 4. The van der Waals surface area contributed by atoms with E-state index in [1.807, 2.05) is 0 Å². The molecule has 35 heavy (non-hydrogen) atoms. The minimum atomic E-state index is -1.37. The van der Waals surface area contributed by atoms with Crippen LogP contribution in [0.4, 0.5) is 4.79 Å². The van der Waals surface area contributed by atoms with Crippen LogP contribution in [0, 0.1) is 16.7 Å². The summed E-state index contributed by atoms with van der Waals surface area (Å²) < 4.78 is 20.8. The van der Waals surface area contributed by atoms with Crippen molar-refractivity contribution in [1.29, 1.82) is 0 Å². The average Bonchev–Trinajstić information content (AvgIpc) is 2.72. The van der Waals surface area contributed by atoms with Crippen LogP contribution >= 0.6 is 0 Å². The molecule has 1 rings (SSSR count). The maximum absolute atomic E-state index is 12.6. The molecule has 0 bridgehead atoms. The van der Waals surface area contributed by atoms with Crippen LogP contribution in [-0.4, -0.2) is 48.4 Å². The summed E-state index contributed by atoms with van der Waals surface area (Å²) in [5, 5.41) is 9.60. The minimum absolute atomic E-state index is 0.00403. The summed E-state index contributed by atoms with van der Waals surface area (Å²) in [6, 6.07) is 3.01. The first-order valence-corrected chi connectivity index (χ1v) is 11.4. The third kappa shape index (κ3) is 8.86. The Balaban J connectivity index is 3.47. The van der Waals surface area contributed by atoms with Crippen molar-refractivity contribution in [2.45, 2.75) is 67.3 Å². The molecule has 10 heteroatoms. The highest BCUT2D eigenvalue weighted by molar-refractivity contribution is 5.81. The van der Waals surface area contributed by atoms with Crippen molar-refractivity contribution in [3.8, 4) is 11.5 Å². The quantitative estimate of drug-likeness (QED) is 0.381. The molecule has 196 valence electrons. The zero-order chi connectivity index (χ0) is 27.1. The van der Waals surface area contributed by atoms with Crippen molar-refractivity contribution < 1.29 is 43.2 Å². The Morgan fingerprint density at radius 1 is 0.914 bits per heavy atom. The van der Waals surface area contributed by atoms with Gasteiger partial charge in [0, 0.05) is 5.92 Å². The van der Waals surface area contributed by atoms with Gasteiger partial charge in [-0.15, -0.1) is 0 Å².